The number of likely N-dealkylation sites (tertiary alicyclic amines) is 1. The highest BCUT2D eigenvalue weighted by Crippen LogP contribution is 2.23. The Labute approximate surface area is 165 Å². The Morgan fingerprint density at radius 3 is 2.64 bits per heavy atom. The summed E-state index contributed by atoms with van der Waals surface area (Å²) in [5.41, 5.74) is 0.288. The van der Waals surface area contributed by atoms with Gasteiger partial charge in [-0.25, -0.2) is 8.42 Å². The SMILES string of the molecule is CCOC(=O)[C@@H]1CCCN(C(=O)c2cc(S(=O)(=O)N3CCOCC3)cn2C)C1. The number of carbonyl (C=O) groups is 2. The van der Waals surface area contributed by atoms with E-state index in [1.54, 1.807) is 18.9 Å². The molecule has 1 atom stereocenters. The van der Waals surface area contributed by atoms with Crippen LogP contribution < -0.4 is 0 Å². The monoisotopic (exact) mass is 413 g/mol. The van der Waals surface area contributed by atoms with Crippen molar-refractivity contribution < 1.29 is 27.5 Å². The van der Waals surface area contributed by atoms with Crippen molar-refractivity contribution in [2.45, 2.75) is 24.7 Å². The third-order valence-electron chi connectivity index (χ3n) is 5.14. The van der Waals surface area contributed by atoms with Crippen LogP contribution in [0.3, 0.4) is 0 Å². The first-order chi connectivity index (χ1) is 13.3. The van der Waals surface area contributed by atoms with E-state index < -0.39 is 10.0 Å². The number of hydrogen-bond donors (Lipinski definition) is 0. The second-order valence-corrected chi connectivity index (χ2v) is 8.97. The molecule has 0 unspecified atom stereocenters. The summed E-state index contributed by atoms with van der Waals surface area (Å²) in [6.07, 6.45) is 2.86. The van der Waals surface area contributed by atoms with Crippen LogP contribution in [-0.4, -0.2) is 80.1 Å². The average molecular weight is 413 g/mol. The van der Waals surface area contributed by atoms with Crippen molar-refractivity contribution in [2.24, 2.45) is 13.0 Å². The highest BCUT2D eigenvalue weighted by molar-refractivity contribution is 7.89. The van der Waals surface area contributed by atoms with Crippen molar-refractivity contribution >= 4 is 21.9 Å². The number of hydrogen-bond acceptors (Lipinski definition) is 6. The number of nitrogens with zero attached hydrogens (tertiary/aromatic N) is 3. The number of piperidine rings is 1. The zero-order chi connectivity index (χ0) is 20.3. The molecule has 1 aromatic heterocycles. The number of aromatic nitrogens is 1. The van der Waals surface area contributed by atoms with Crippen LogP contribution in [0.4, 0.5) is 0 Å². The summed E-state index contributed by atoms with van der Waals surface area (Å²) >= 11 is 0. The molecule has 2 fully saturated rings. The van der Waals surface area contributed by atoms with Gasteiger partial charge in [0.1, 0.15) is 10.6 Å². The minimum atomic E-state index is -3.67. The van der Waals surface area contributed by atoms with Gasteiger partial charge in [-0.15, -0.1) is 0 Å². The Morgan fingerprint density at radius 2 is 1.96 bits per heavy atom. The van der Waals surface area contributed by atoms with Crippen LogP contribution in [-0.2, 0) is 31.3 Å². The quantitative estimate of drug-likeness (QED) is 0.651. The molecule has 9 nitrogen and oxygen atoms in total. The number of sulfonamides is 1. The topological polar surface area (TPSA) is 98.2 Å². The van der Waals surface area contributed by atoms with Gasteiger partial charge in [-0.2, -0.15) is 4.31 Å². The number of ether oxygens (including phenoxy) is 2. The number of aryl methyl sites for hydroxylation is 1. The Morgan fingerprint density at radius 1 is 1.25 bits per heavy atom. The zero-order valence-electron chi connectivity index (χ0n) is 16.3. The van der Waals surface area contributed by atoms with Crippen molar-refractivity contribution in [1.82, 2.24) is 13.8 Å². The van der Waals surface area contributed by atoms with Gasteiger partial charge in [0.15, 0.2) is 0 Å². The van der Waals surface area contributed by atoms with E-state index in [1.807, 2.05) is 0 Å². The summed E-state index contributed by atoms with van der Waals surface area (Å²) in [6.45, 7) is 4.21. The van der Waals surface area contributed by atoms with E-state index in [1.165, 1.54) is 21.1 Å². The van der Waals surface area contributed by atoms with Crippen molar-refractivity contribution in [3.63, 3.8) is 0 Å². The standard InChI is InChI=1S/C18H27N3O6S/c1-3-27-18(23)14-5-4-6-20(12-14)17(22)16-11-15(13-19(16)2)28(24,25)21-7-9-26-10-8-21/h11,13-14H,3-10,12H2,1-2H3/t14-/m1/s1. The fourth-order valence-corrected chi connectivity index (χ4v) is 5.08. The second-order valence-electron chi connectivity index (χ2n) is 7.03. The van der Waals surface area contributed by atoms with Crippen LogP contribution >= 0.6 is 0 Å². The molecule has 10 heteroatoms. The van der Waals surface area contributed by atoms with Gasteiger partial charge in [0, 0.05) is 39.4 Å². The van der Waals surface area contributed by atoms with E-state index in [0.717, 1.165) is 0 Å². The molecule has 2 saturated heterocycles. The molecule has 3 rings (SSSR count). The lowest BCUT2D eigenvalue weighted by molar-refractivity contribution is -0.149. The van der Waals surface area contributed by atoms with Crippen molar-refractivity contribution in [2.75, 3.05) is 46.0 Å². The fraction of sp³-hybridized carbons (Fsp3) is 0.667. The molecule has 2 aliphatic heterocycles. The van der Waals surface area contributed by atoms with Crippen LogP contribution in [0.15, 0.2) is 17.2 Å². The van der Waals surface area contributed by atoms with Gasteiger partial charge in [-0.1, -0.05) is 0 Å². The molecule has 3 heterocycles. The molecule has 0 saturated carbocycles. The number of carbonyl (C=O) groups excluding carboxylic acids is 2. The Hall–Kier alpha value is -1.91. The zero-order valence-corrected chi connectivity index (χ0v) is 17.1. The first kappa shape index (κ1) is 20.8. The molecule has 1 aromatic rings. The summed E-state index contributed by atoms with van der Waals surface area (Å²) in [4.78, 5) is 26.7. The van der Waals surface area contributed by atoms with Gasteiger partial charge in [0.2, 0.25) is 10.0 Å². The second kappa shape index (κ2) is 8.62. The van der Waals surface area contributed by atoms with E-state index in [-0.39, 0.29) is 34.9 Å². The van der Waals surface area contributed by atoms with Gasteiger partial charge >= 0.3 is 5.97 Å². The van der Waals surface area contributed by atoms with E-state index in [0.29, 0.717) is 52.3 Å². The lowest BCUT2D eigenvalue weighted by atomic mass is 9.98. The molecular weight excluding hydrogens is 386 g/mol. The lowest BCUT2D eigenvalue weighted by Gasteiger charge is -2.31. The third kappa shape index (κ3) is 4.23. The maximum Gasteiger partial charge on any atom is 0.310 e. The van der Waals surface area contributed by atoms with Crippen LogP contribution in [0.5, 0.6) is 0 Å². The van der Waals surface area contributed by atoms with E-state index in [4.69, 9.17) is 9.47 Å². The smallest absolute Gasteiger partial charge is 0.310 e. The van der Waals surface area contributed by atoms with Crippen molar-refractivity contribution in [3.8, 4) is 0 Å². The number of esters is 1. The normalized spacial score (nSPS) is 21.5. The first-order valence-corrected chi connectivity index (χ1v) is 11.0. The number of amides is 1. The van der Waals surface area contributed by atoms with Gasteiger partial charge in [-0.3, -0.25) is 9.59 Å². The van der Waals surface area contributed by atoms with Gasteiger partial charge in [0.25, 0.3) is 5.91 Å². The van der Waals surface area contributed by atoms with Crippen molar-refractivity contribution in [1.29, 1.82) is 0 Å². The molecular formula is C18H27N3O6S. The van der Waals surface area contributed by atoms with Gasteiger partial charge in [-0.05, 0) is 25.8 Å². The summed E-state index contributed by atoms with van der Waals surface area (Å²) in [5, 5.41) is 0. The number of morpholine rings is 1. The molecule has 0 aliphatic carbocycles. The Kier molecular flexibility index (Phi) is 6.41. The average Bonchev–Trinajstić information content (AvgIpc) is 3.11. The fourth-order valence-electron chi connectivity index (χ4n) is 3.60. The highest BCUT2D eigenvalue weighted by atomic mass is 32.2. The molecule has 0 aromatic carbocycles. The minimum absolute atomic E-state index is 0.0965. The molecule has 0 spiro atoms. The predicted octanol–water partition coefficient (Wildman–Crippen LogP) is 0.461. The summed E-state index contributed by atoms with van der Waals surface area (Å²) in [7, 11) is -2.02. The highest BCUT2D eigenvalue weighted by Gasteiger charge is 2.33. The Bertz CT molecular complexity index is 828. The molecule has 1 amide bonds. The molecule has 28 heavy (non-hydrogen) atoms. The maximum atomic E-state index is 13.0. The van der Waals surface area contributed by atoms with E-state index in [9.17, 15) is 18.0 Å². The molecule has 0 radical (unpaired) electrons. The minimum Gasteiger partial charge on any atom is -0.466 e. The van der Waals surface area contributed by atoms with Crippen LogP contribution in [0.25, 0.3) is 0 Å². The van der Waals surface area contributed by atoms with Crippen molar-refractivity contribution in [3.05, 3.63) is 18.0 Å². The van der Waals surface area contributed by atoms with Crippen LogP contribution in [0.1, 0.15) is 30.3 Å². The maximum absolute atomic E-state index is 13.0. The molecule has 0 N–H and O–H groups in total. The lowest BCUT2D eigenvalue weighted by Crippen LogP contribution is -2.43. The van der Waals surface area contributed by atoms with Crippen LogP contribution in [0, 0.1) is 5.92 Å². The van der Waals surface area contributed by atoms with Gasteiger partial charge in [0.05, 0.1) is 25.7 Å². The molecule has 2 aliphatic rings. The van der Waals surface area contributed by atoms with Gasteiger partial charge < -0.3 is 18.9 Å². The summed E-state index contributed by atoms with van der Waals surface area (Å²) < 4.78 is 38.9. The molecule has 0 bridgehead atoms. The largest absolute Gasteiger partial charge is 0.466 e. The van der Waals surface area contributed by atoms with E-state index >= 15 is 0 Å². The summed E-state index contributed by atoms with van der Waals surface area (Å²) in [5.74, 6) is -0.906. The van der Waals surface area contributed by atoms with Crippen LogP contribution in [0.2, 0.25) is 0 Å². The first-order valence-electron chi connectivity index (χ1n) is 9.54. The predicted molar refractivity (Wildman–Crippen MR) is 100 cm³/mol. The van der Waals surface area contributed by atoms with E-state index in [2.05, 4.69) is 0 Å². The number of rotatable bonds is 5. The Balaban J connectivity index is 1.76. The summed E-state index contributed by atoms with van der Waals surface area (Å²) in [6, 6.07) is 1.42. The molecule has 156 valence electrons. The third-order valence-corrected chi connectivity index (χ3v) is 7.00.